The molecular weight excluding hydrogens is 176 g/mol. The van der Waals surface area contributed by atoms with Crippen LogP contribution < -0.4 is 0 Å². The summed E-state index contributed by atoms with van der Waals surface area (Å²) in [5, 5.41) is 0. The number of ether oxygens (including phenoxy) is 2. The summed E-state index contributed by atoms with van der Waals surface area (Å²) in [6.07, 6.45) is 14.0. The summed E-state index contributed by atoms with van der Waals surface area (Å²) in [4.78, 5) is 0. The van der Waals surface area contributed by atoms with E-state index < -0.39 is 0 Å². The number of hydrogen-bond donors (Lipinski definition) is 0. The number of hydrogen-bond acceptors (Lipinski definition) is 2. The Bertz CT molecular complexity index is 361. The monoisotopic (exact) mass is 188 g/mol. The highest BCUT2D eigenvalue weighted by atomic mass is 16.7. The average molecular weight is 188 g/mol. The van der Waals surface area contributed by atoms with Gasteiger partial charge in [-0.2, -0.15) is 0 Å². The molecule has 0 aromatic heterocycles. The zero-order valence-corrected chi connectivity index (χ0v) is 7.85. The molecule has 1 heterocycles. The molecule has 0 aromatic carbocycles. The molecular formula is C12H12O2. The lowest BCUT2D eigenvalue weighted by Crippen LogP contribution is -2.25. The maximum Gasteiger partial charge on any atom is 0.148 e. The van der Waals surface area contributed by atoms with E-state index >= 15 is 0 Å². The third kappa shape index (κ3) is 1.27. The molecule has 2 nitrogen and oxygen atoms in total. The zero-order valence-electron chi connectivity index (χ0n) is 7.85. The molecule has 1 aliphatic heterocycles. The van der Waals surface area contributed by atoms with Gasteiger partial charge < -0.3 is 9.47 Å². The molecule has 2 heteroatoms. The summed E-state index contributed by atoms with van der Waals surface area (Å²) >= 11 is 0. The van der Waals surface area contributed by atoms with Gasteiger partial charge in [-0.25, -0.2) is 0 Å². The van der Waals surface area contributed by atoms with E-state index in [2.05, 4.69) is 30.4 Å². The molecule has 0 amide bonds. The van der Waals surface area contributed by atoms with E-state index in [4.69, 9.17) is 9.47 Å². The van der Waals surface area contributed by atoms with E-state index in [-0.39, 0.29) is 12.2 Å². The molecule has 0 bridgehead atoms. The second-order valence-corrected chi connectivity index (χ2v) is 3.72. The summed E-state index contributed by atoms with van der Waals surface area (Å²) in [6.45, 7) is 0.436. The van der Waals surface area contributed by atoms with E-state index in [0.29, 0.717) is 6.79 Å². The minimum absolute atomic E-state index is 0.157. The minimum atomic E-state index is 0.157. The van der Waals surface area contributed by atoms with Crippen LogP contribution in [-0.4, -0.2) is 19.0 Å². The largest absolute Gasteiger partial charge is 0.349 e. The van der Waals surface area contributed by atoms with E-state index in [1.165, 1.54) is 11.1 Å². The van der Waals surface area contributed by atoms with Crippen LogP contribution >= 0.6 is 0 Å². The van der Waals surface area contributed by atoms with Crippen molar-refractivity contribution < 1.29 is 9.47 Å². The Morgan fingerprint density at radius 1 is 1.14 bits per heavy atom. The second kappa shape index (κ2) is 3.23. The third-order valence-electron chi connectivity index (χ3n) is 2.84. The van der Waals surface area contributed by atoms with Gasteiger partial charge in [-0.05, 0) is 17.2 Å². The second-order valence-electron chi connectivity index (χ2n) is 3.72. The standard InChI is InChI=1S/C12H12O2/c1-2-4-9-6-11-12(14-8-13-11)7-10(9)5-3-1/h1-6,11-12H,7-8H2. The van der Waals surface area contributed by atoms with Crippen LogP contribution in [0.25, 0.3) is 0 Å². The fourth-order valence-corrected chi connectivity index (χ4v) is 2.08. The molecule has 0 saturated carbocycles. The first kappa shape index (κ1) is 8.21. The molecule has 2 unspecified atom stereocenters. The van der Waals surface area contributed by atoms with Gasteiger partial charge in [0.1, 0.15) is 12.9 Å². The van der Waals surface area contributed by atoms with Gasteiger partial charge >= 0.3 is 0 Å². The van der Waals surface area contributed by atoms with Crippen molar-refractivity contribution in [3.63, 3.8) is 0 Å². The lowest BCUT2D eigenvalue weighted by atomic mass is 9.90. The number of rotatable bonds is 0. The fourth-order valence-electron chi connectivity index (χ4n) is 2.08. The van der Waals surface area contributed by atoms with Crippen molar-refractivity contribution in [2.24, 2.45) is 0 Å². The Balaban J connectivity index is 2.00. The van der Waals surface area contributed by atoms with Crippen molar-refractivity contribution in [3.05, 3.63) is 47.6 Å². The van der Waals surface area contributed by atoms with Crippen molar-refractivity contribution in [1.82, 2.24) is 0 Å². The molecule has 3 rings (SSSR count). The van der Waals surface area contributed by atoms with Gasteiger partial charge in [0.25, 0.3) is 0 Å². The topological polar surface area (TPSA) is 18.5 Å². The van der Waals surface area contributed by atoms with Crippen LogP contribution in [0.3, 0.4) is 0 Å². The lowest BCUT2D eigenvalue weighted by molar-refractivity contribution is 0.0438. The summed E-state index contributed by atoms with van der Waals surface area (Å²) in [7, 11) is 0. The molecule has 3 aliphatic rings. The maximum atomic E-state index is 5.49. The highest BCUT2D eigenvalue weighted by Gasteiger charge is 2.32. The Morgan fingerprint density at radius 3 is 3.14 bits per heavy atom. The lowest BCUT2D eigenvalue weighted by Gasteiger charge is -2.22. The molecule has 1 fully saturated rings. The first-order valence-corrected chi connectivity index (χ1v) is 4.93. The van der Waals surface area contributed by atoms with Gasteiger partial charge in [-0.15, -0.1) is 0 Å². The SMILES string of the molecule is C1=CC=C2CC3OCOC3C=C2C=C1. The highest BCUT2D eigenvalue weighted by Crippen LogP contribution is 2.32. The molecule has 0 radical (unpaired) electrons. The van der Waals surface area contributed by atoms with E-state index in [1.54, 1.807) is 0 Å². The summed E-state index contributed by atoms with van der Waals surface area (Å²) in [5.74, 6) is 0. The molecule has 0 N–H and O–H groups in total. The van der Waals surface area contributed by atoms with Gasteiger partial charge in [0, 0.05) is 6.42 Å². The van der Waals surface area contributed by atoms with Crippen LogP contribution in [0.2, 0.25) is 0 Å². The summed E-state index contributed by atoms with van der Waals surface area (Å²) < 4.78 is 11.0. The predicted octanol–water partition coefficient (Wildman–Crippen LogP) is 2.11. The Hall–Kier alpha value is -1.12. The fraction of sp³-hybridized carbons (Fsp3) is 0.333. The Kier molecular flexibility index (Phi) is 1.89. The van der Waals surface area contributed by atoms with Gasteiger partial charge in [-0.1, -0.05) is 30.4 Å². The van der Waals surface area contributed by atoms with Crippen molar-refractivity contribution in [3.8, 4) is 0 Å². The quantitative estimate of drug-likeness (QED) is 0.579. The highest BCUT2D eigenvalue weighted by molar-refractivity contribution is 5.48. The maximum absolute atomic E-state index is 5.49. The molecule has 2 aliphatic carbocycles. The van der Waals surface area contributed by atoms with Crippen LogP contribution in [0.15, 0.2) is 47.6 Å². The number of fused-ring (bicyclic) bond motifs is 2. The molecule has 0 aromatic rings. The summed E-state index contributed by atoms with van der Waals surface area (Å²) in [5.41, 5.74) is 2.63. The Labute approximate surface area is 83.2 Å². The molecule has 14 heavy (non-hydrogen) atoms. The van der Waals surface area contributed by atoms with Crippen molar-refractivity contribution in [2.75, 3.05) is 6.79 Å². The van der Waals surface area contributed by atoms with Crippen LogP contribution in [0.4, 0.5) is 0 Å². The minimum Gasteiger partial charge on any atom is -0.349 e. The first-order chi connectivity index (χ1) is 6.93. The average Bonchev–Trinajstić information content (AvgIpc) is 2.51. The van der Waals surface area contributed by atoms with Crippen LogP contribution in [0.5, 0.6) is 0 Å². The molecule has 72 valence electrons. The third-order valence-corrected chi connectivity index (χ3v) is 2.84. The predicted molar refractivity (Wildman–Crippen MR) is 53.7 cm³/mol. The van der Waals surface area contributed by atoms with Crippen molar-refractivity contribution in [2.45, 2.75) is 18.6 Å². The van der Waals surface area contributed by atoms with Crippen molar-refractivity contribution >= 4 is 0 Å². The smallest absolute Gasteiger partial charge is 0.148 e. The van der Waals surface area contributed by atoms with Crippen LogP contribution in [0, 0.1) is 0 Å². The normalized spacial score (nSPS) is 34.3. The Morgan fingerprint density at radius 2 is 2.14 bits per heavy atom. The van der Waals surface area contributed by atoms with E-state index in [9.17, 15) is 0 Å². The van der Waals surface area contributed by atoms with Crippen molar-refractivity contribution in [1.29, 1.82) is 0 Å². The van der Waals surface area contributed by atoms with Crippen LogP contribution in [-0.2, 0) is 9.47 Å². The van der Waals surface area contributed by atoms with Gasteiger partial charge in [0.05, 0.1) is 6.10 Å². The van der Waals surface area contributed by atoms with Gasteiger partial charge in [0.15, 0.2) is 0 Å². The van der Waals surface area contributed by atoms with Gasteiger partial charge in [0.2, 0.25) is 0 Å². The molecule has 2 atom stereocenters. The first-order valence-electron chi connectivity index (χ1n) is 4.93. The number of allylic oxidation sites excluding steroid dienone is 6. The van der Waals surface area contributed by atoms with E-state index in [1.807, 2.05) is 6.08 Å². The van der Waals surface area contributed by atoms with Crippen LogP contribution in [0.1, 0.15) is 6.42 Å². The van der Waals surface area contributed by atoms with E-state index in [0.717, 1.165) is 6.42 Å². The molecule has 1 saturated heterocycles. The molecule has 0 spiro atoms. The van der Waals surface area contributed by atoms with Gasteiger partial charge in [-0.3, -0.25) is 0 Å². The zero-order chi connectivity index (χ0) is 9.38. The summed E-state index contributed by atoms with van der Waals surface area (Å²) in [6, 6.07) is 0.